The van der Waals surface area contributed by atoms with Crippen LogP contribution in [-0.4, -0.2) is 33.0 Å². The lowest BCUT2D eigenvalue weighted by Crippen LogP contribution is -2.41. The van der Waals surface area contributed by atoms with Crippen LogP contribution < -0.4 is 0 Å². The topological polar surface area (TPSA) is 66.6 Å². The van der Waals surface area contributed by atoms with Crippen molar-refractivity contribution < 1.29 is 18.7 Å². The summed E-state index contributed by atoms with van der Waals surface area (Å²) in [5.74, 6) is -0.277. The van der Waals surface area contributed by atoms with Crippen molar-refractivity contribution in [1.82, 2.24) is 9.88 Å². The van der Waals surface area contributed by atoms with Crippen molar-refractivity contribution in [3.05, 3.63) is 42.0 Å². The van der Waals surface area contributed by atoms with Crippen molar-refractivity contribution in [2.75, 3.05) is 0 Å². The average Bonchev–Trinajstić information content (AvgIpc) is 3.21. The second-order valence-electron chi connectivity index (χ2n) is 7.03. The number of aliphatic carboxylic acids is 1. The molecule has 132 valence electrons. The maximum Gasteiger partial charge on any atom is 0.320 e. The molecule has 1 saturated heterocycles. The molecule has 0 bridgehead atoms. The van der Waals surface area contributed by atoms with Gasteiger partial charge in [-0.05, 0) is 43.4 Å². The summed E-state index contributed by atoms with van der Waals surface area (Å²) in [4.78, 5) is 18.2. The Labute approximate surface area is 145 Å². The molecular formula is C19H21FN2O3. The summed E-state index contributed by atoms with van der Waals surface area (Å²) >= 11 is 0. The van der Waals surface area contributed by atoms with Crippen LogP contribution in [-0.2, 0) is 11.3 Å². The maximum absolute atomic E-state index is 13.4. The van der Waals surface area contributed by atoms with Crippen LogP contribution in [0.25, 0.3) is 11.5 Å². The summed E-state index contributed by atoms with van der Waals surface area (Å²) in [6.45, 7) is 0.455. The molecule has 1 aliphatic heterocycles. The Kier molecular flexibility index (Phi) is 4.29. The fraction of sp³-hybridized carbons (Fsp3) is 0.474. The first-order valence-electron chi connectivity index (χ1n) is 8.80. The van der Waals surface area contributed by atoms with E-state index in [1.54, 1.807) is 18.4 Å². The van der Waals surface area contributed by atoms with E-state index in [1.807, 2.05) is 0 Å². The molecular weight excluding hydrogens is 323 g/mol. The van der Waals surface area contributed by atoms with Crippen LogP contribution >= 0.6 is 0 Å². The Morgan fingerprint density at radius 3 is 3.00 bits per heavy atom. The van der Waals surface area contributed by atoms with E-state index in [0.717, 1.165) is 19.3 Å². The minimum Gasteiger partial charge on any atom is -0.480 e. The number of hydrogen-bond acceptors (Lipinski definition) is 4. The fourth-order valence-electron chi connectivity index (χ4n) is 4.34. The number of aromatic nitrogens is 1. The number of carbonyl (C=O) groups is 1. The second-order valence-corrected chi connectivity index (χ2v) is 7.03. The molecule has 2 heterocycles. The van der Waals surface area contributed by atoms with Crippen LogP contribution in [0.4, 0.5) is 4.39 Å². The molecule has 1 aromatic heterocycles. The third-order valence-electron chi connectivity index (χ3n) is 5.47. The van der Waals surface area contributed by atoms with Crippen LogP contribution in [0.15, 0.2) is 34.9 Å². The van der Waals surface area contributed by atoms with Crippen molar-refractivity contribution in [3.63, 3.8) is 0 Å². The second kappa shape index (κ2) is 6.59. The monoisotopic (exact) mass is 344 g/mol. The molecule has 0 amide bonds. The molecule has 0 spiro atoms. The Balaban J connectivity index is 1.55. The van der Waals surface area contributed by atoms with Gasteiger partial charge in [-0.2, -0.15) is 0 Å². The highest BCUT2D eigenvalue weighted by Gasteiger charge is 2.45. The highest BCUT2D eigenvalue weighted by molar-refractivity contribution is 5.74. The fourth-order valence-corrected chi connectivity index (χ4v) is 4.34. The molecule has 6 heteroatoms. The quantitative estimate of drug-likeness (QED) is 0.916. The standard InChI is InChI=1S/C19H21FN2O3/c20-14-6-3-5-13(8-14)18-21-15(11-25-18)10-22-16-7-2-1-4-12(16)9-17(22)19(23)24/h3,5-6,8,11-12,16-17H,1-2,4,7,9-10H2,(H,23,24). The van der Waals surface area contributed by atoms with Crippen LogP contribution in [0.1, 0.15) is 37.8 Å². The van der Waals surface area contributed by atoms with E-state index in [0.29, 0.717) is 42.1 Å². The zero-order valence-electron chi connectivity index (χ0n) is 13.9. The molecule has 2 aliphatic rings. The first-order valence-corrected chi connectivity index (χ1v) is 8.80. The molecule has 3 unspecified atom stereocenters. The van der Waals surface area contributed by atoms with Crippen LogP contribution in [0.5, 0.6) is 0 Å². The van der Waals surface area contributed by atoms with Gasteiger partial charge in [0, 0.05) is 18.2 Å². The first kappa shape index (κ1) is 16.3. The Bertz CT molecular complexity index is 776. The van der Waals surface area contributed by atoms with E-state index in [-0.39, 0.29) is 5.82 Å². The van der Waals surface area contributed by atoms with E-state index < -0.39 is 12.0 Å². The minimum absolute atomic E-state index is 0.309. The van der Waals surface area contributed by atoms with Crippen molar-refractivity contribution in [3.8, 4) is 11.5 Å². The molecule has 1 aliphatic carbocycles. The van der Waals surface area contributed by atoms with E-state index in [2.05, 4.69) is 9.88 Å². The number of carboxylic acid groups (broad SMARTS) is 1. The summed E-state index contributed by atoms with van der Waals surface area (Å²) in [7, 11) is 0. The summed E-state index contributed by atoms with van der Waals surface area (Å²) in [6.07, 6.45) is 6.76. The molecule has 2 aromatic rings. The number of hydrogen-bond donors (Lipinski definition) is 1. The van der Waals surface area contributed by atoms with Gasteiger partial charge in [0.1, 0.15) is 18.1 Å². The Morgan fingerprint density at radius 2 is 2.20 bits per heavy atom. The molecule has 1 saturated carbocycles. The lowest BCUT2D eigenvalue weighted by molar-refractivity contribution is -0.142. The molecule has 0 radical (unpaired) electrons. The van der Waals surface area contributed by atoms with Crippen molar-refractivity contribution in [2.45, 2.75) is 50.7 Å². The van der Waals surface area contributed by atoms with Gasteiger partial charge in [-0.15, -0.1) is 0 Å². The molecule has 25 heavy (non-hydrogen) atoms. The third kappa shape index (κ3) is 3.18. The normalized spacial score (nSPS) is 26.5. The summed E-state index contributed by atoms with van der Waals surface area (Å²) in [5, 5.41) is 9.60. The highest BCUT2D eigenvalue weighted by Crippen LogP contribution is 2.40. The summed E-state index contributed by atoms with van der Waals surface area (Å²) in [6, 6.07) is 5.96. The van der Waals surface area contributed by atoms with Crippen LogP contribution in [0, 0.1) is 11.7 Å². The van der Waals surface area contributed by atoms with Crippen molar-refractivity contribution in [1.29, 1.82) is 0 Å². The van der Waals surface area contributed by atoms with E-state index in [4.69, 9.17) is 4.42 Å². The number of fused-ring (bicyclic) bond motifs is 1. The van der Waals surface area contributed by atoms with Gasteiger partial charge in [0.25, 0.3) is 0 Å². The lowest BCUT2D eigenvalue weighted by Gasteiger charge is -2.32. The summed E-state index contributed by atoms with van der Waals surface area (Å²) < 4.78 is 18.9. The van der Waals surface area contributed by atoms with Gasteiger partial charge in [0.05, 0.1) is 5.69 Å². The van der Waals surface area contributed by atoms with Gasteiger partial charge in [-0.3, -0.25) is 9.69 Å². The predicted octanol–water partition coefficient (Wildman–Crippen LogP) is 3.70. The van der Waals surface area contributed by atoms with E-state index in [9.17, 15) is 14.3 Å². The largest absolute Gasteiger partial charge is 0.480 e. The lowest BCUT2D eigenvalue weighted by atomic mass is 9.85. The SMILES string of the molecule is O=C(O)C1CC2CCCCC2N1Cc1coc(-c2cccc(F)c2)n1. The smallest absolute Gasteiger partial charge is 0.320 e. The number of carboxylic acids is 1. The zero-order valence-corrected chi connectivity index (χ0v) is 13.9. The number of nitrogens with zero attached hydrogens (tertiary/aromatic N) is 2. The minimum atomic E-state index is -0.761. The molecule has 3 atom stereocenters. The van der Waals surface area contributed by atoms with Gasteiger partial charge in [-0.25, -0.2) is 9.37 Å². The molecule has 2 fully saturated rings. The van der Waals surface area contributed by atoms with Crippen molar-refractivity contribution in [2.24, 2.45) is 5.92 Å². The highest BCUT2D eigenvalue weighted by atomic mass is 19.1. The number of benzene rings is 1. The molecule has 1 aromatic carbocycles. The Hall–Kier alpha value is -2.21. The number of halogens is 1. The number of likely N-dealkylation sites (tertiary alicyclic amines) is 1. The maximum atomic E-state index is 13.4. The average molecular weight is 344 g/mol. The number of rotatable bonds is 4. The van der Waals surface area contributed by atoms with Crippen molar-refractivity contribution >= 4 is 5.97 Å². The summed E-state index contributed by atoms with van der Waals surface area (Å²) in [5.41, 5.74) is 1.27. The first-order chi connectivity index (χ1) is 12.1. The van der Waals surface area contributed by atoms with E-state index >= 15 is 0 Å². The molecule has 5 nitrogen and oxygen atoms in total. The Morgan fingerprint density at radius 1 is 1.36 bits per heavy atom. The molecule has 1 N–H and O–H groups in total. The van der Waals surface area contributed by atoms with Crippen LogP contribution in [0.2, 0.25) is 0 Å². The van der Waals surface area contributed by atoms with Gasteiger partial charge >= 0.3 is 5.97 Å². The number of oxazole rings is 1. The van der Waals surface area contributed by atoms with Gasteiger partial charge in [0.2, 0.25) is 5.89 Å². The van der Waals surface area contributed by atoms with Crippen LogP contribution in [0.3, 0.4) is 0 Å². The molecule has 4 rings (SSSR count). The van der Waals surface area contributed by atoms with Gasteiger partial charge < -0.3 is 9.52 Å². The predicted molar refractivity (Wildman–Crippen MR) is 89.2 cm³/mol. The van der Waals surface area contributed by atoms with Gasteiger partial charge in [0.15, 0.2) is 0 Å². The third-order valence-corrected chi connectivity index (χ3v) is 5.47. The van der Waals surface area contributed by atoms with Gasteiger partial charge in [-0.1, -0.05) is 18.9 Å². The zero-order chi connectivity index (χ0) is 17.4. The van der Waals surface area contributed by atoms with E-state index in [1.165, 1.54) is 18.6 Å².